The van der Waals surface area contributed by atoms with Gasteiger partial charge in [0.1, 0.15) is 5.69 Å². The molecule has 0 unspecified atom stereocenters. The highest BCUT2D eigenvalue weighted by Gasteiger charge is 2.22. The van der Waals surface area contributed by atoms with Gasteiger partial charge in [-0.15, -0.1) is 0 Å². The Morgan fingerprint density at radius 2 is 1.92 bits per heavy atom. The molecule has 2 aromatic rings. The number of nitrogens with one attached hydrogen (secondary N) is 2. The van der Waals surface area contributed by atoms with E-state index in [4.69, 9.17) is 5.73 Å². The van der Waals surface area contributed by atoms with Crippen LogP contribution in [-0.2, 0) is 0 Å². The van der Waals surface area contributed by atoms with Crippen molar-refractivity contribution in [1.82, 2.24) is 0 Å². The molecule has 24 heavy (non-hydrogen) atoms. The van der Waals surface area contributed by atoms with Gasteiger partial charge in [-0.05, 0) is 18.2 Å². The highest BCUT2D eigenvalue weighted by Crippen LogP contribution is 2.34. The van der Waals surface area contributed by atoms with Crippen molar-refractivity contribution in [1.29, 1.82) is 0 Å². The molecule has 0 saturated heterocycles. The molecule has 0 aliphatic carbocycles. The van der Waals surface area contributed by atoms with Crippen LogP contribution >= 0.6 is 0 Å². The zero-order chi connectivity index (χ0) is 17.3. The SMILES string of the molecule is Nc1ccc(NN2CCNc3cc([N+](=O)[O-])ccc32)c([N+](=O)[O-])c1. The maximum Gasteiger partial charge on any atom is 0.296 e. The molecule has 3 rings (SSSR count). The monoisotopic (exact) mass is 330 g/mol. The number of nitrogens with two attached hydrogens (primary N) is 1. The summed E-state index contributed by atoms with van der Waals surface area (Å²) in [5.74, 6) is 0. The first-order valence-electron chi connectivity index (χ1n) is 7.06. The largest absolute Gasteiger partial charge is 0.399 e. The van der Waals surface area contributed by atoms with Crippen LogP contribution in [0.3, 0.4) is 0 Å². The van der Waals surface area contributed by atoms with Gasteiger partial charge in [-0.25, -0.2) is 0 Å². The summed E-state index contributed by atoms with van der Waals surface area (Å²) in [6.07, 6.45) is 0. The van der Waals surface area contributed by atoms with Gasteiger partial charge in [-0.2, -0.15) is 0 Å². The predicted molar refractivity (Wildman–Crippen MR) is 90.1 cm³/mol. The second kappa shape index (κ2) is 5.91. The minimum absolute atomic E-state index is 0.0263. The van der Waals surface area contributed by atoms with Gasteiger partial charge in [0.25, 0.3) is 11.4 Å². The number of anilines is 4. The molecule has 0 fully saturated rings. The quantitative estimate of drug-likeness (QED) is 0.441. The number of nitro benzene ring substituents is 2. The maximum atomic E-state index is 11.2. The summed E-state index contributed by atoms with van der Waals surface area (Å²) >= 11 is 0. The van der Waals surface area contributed by atoms with Crippen LogP contribution in [0.1, 0.15) is 0 Å². The number of hydrogen-bond acceptors (Lipinski definition) is 8. The maximum absolute atomic E-state index is 11.2. The van der Waals surface area contributed by atoms with Crippen LogP contribution in [0.25, 0.3) is 0 Å². The Kier molecular flexibility index (Phi) is 3.78. The summed E-state index contributed by atoms with van der Waals surface area (Å²) in [6, 6.07) is 8.78. The molecule has 0 atom stereocenters. The van der Waals surface area contributed by atoms with Crippen molar-refractivity contribution < 1.29 is 9.85 Å². The first-order valence-corrected chi connectivity index (χ1v) is 7.06. The van der Waals surface area contributed by atoms with E-state index in [0.29, 0.717) is 35.8 Å². The average molecular weight is 330 g/mol. The van der Waals surface area contributed by atoms with E-state index >= 15 is 0 Å². The fourth-order valence-corrected chi connectivity index (χ4v) is 2.49. The molecule has 0 saturated carbocycles. The minimum atomic E-state index is -0.516. The van der Waals surface area contributed by atoms with Crippen molar-refractivity contribution in [3.8, 4) is 0 Å². The normalized spacial score (nSPS) is 12.9. The number of fused-ring (bicyclic) bond motifs is 1. The van der Waals surface area contributed by atoms with E-state index in [-0.39, 0.29) is 11.4 Å². The summed E-state index contributed by atoms with van der Waals surface area (Å²) in [7, 11) is 0. The standard InChI is InChI=1S/C14H14N6O4/c15-9-1-3-11(14(7-9)20(23)24)17-18-6-5-16-12-8-10(19(21)22)2-4-13(12)18/h1-4,7-8,16-17H,5-6,15H2. The molecule has 1 aliphatic rings. The zero-order valence-electron chi connectivity index (χ0n) is 12.4. The van der Waals surface area contributed by atoms with Gasteiger partial charge in [-0.3, -0.25) is 30.7 Å². The predicted octanol–water partition coefficient (Wildman–Crippen LogP) is 2.34. The molecule has 1 heterocycles. The van der Waals surface area contributed by atoms with Gasteiger partial charge < -0.3 is 11.1 Å². The zero-order valence-corrected chi connectivity index (χ0v) is 12.4. The fraction of sp³-hybridized carbons (Fsp3) is 0.143. The van der Waals surface area contributed by atoms with Crippen LogP contribution in [0.15, 0.2) is 36.4 Å². The lowest BCUT2D eigenvalue weighted by atomic mass is 10.2. The van der Waals surface area contributed by atoms with Crippen LogP contribution < -0.4 is 21.5 Å². The van der Waals surface area contributed by atoms with Gasteiger partial charge >= 0.3 is 0 Å². The van der Waals surface area contributed by atoms with Crippen molar-refractivity contribution in [3.05, 3.63) is 56.6 Å². The third-order valence-corrected chi connectivity index (χ3v) is 3.61. The van der Waals surface area contributed by atoms with Gasteiger partial charge in [0.15, 0.2) is 0 Å². The lowest BCUT2D eigenvalue weighted by molar-refractivity contribution is -0.384. The van der Waals surface area contributed by atoms with Gasteiger partial charge in [0.2, 0.25) is 0 Å². The second-order valence-electron chi connectivity index (χ2n) is 5.18. The van der Waals surface area contributed by atoms with Crippen LogP contribution in [0.2, 0.25) is 0 Å². The molecule has 0 aromatic heterocycles. The fourth-order valence-electron chi connectivity index (χ4n) is 2.49. The molecule has 4 N–H and O–H groups in total. The van der Waals surface area contributed by atoms with Crippen molar-refractivity contribution in [2.75, 3.05) is 34.6 Å². The molecule has 124 valence electrons. The van der Waals surface area contributed by atoms with Crippen molar-refractivity contribution in [2.24, 2.45) is 0 Å². The third kappa shape index (κ3) is 2.84. The summed E-state index contributed by atoms with van der Waals surface area (Å²) in [5, 5.41) is 26.8. The summed E-state index contributed by atoms with van der Waals surface area (Å²) in [4.78, 5) is 21.1. The number of nitrogen functional groups attached to an aromatic ring is 1. The summed E-state index contributed by atoms with van der Waals surface area (Å²) < 4.78 is 0. The van der Waals surface area contributed by atoms with E-state index in [1.165, 1.54) is 24.3 Å². The van der Waals surface area contributed by atoms with E-state index < -0.39 is 9.85 Å². The Morgan fingerprint density at radius 1 is 1.12 bits per heavy atom. The molecule has 1 aliphatic heterocycles. The van der Waals surface area contributed by atoms with Crippen molar-refractivity contribution >= 4 is 34.1 Å². The average Bonchev–Trinajstić information content (AvgIpc) is 2.56. The summed E-state index contributed by atoms with van der Waals surface area (Å²) in [5.41, 5.74) is 10.3. The number of nitro groups is 2. The molecular weight excluding hydrogens is 316 g/mol. The number of rotatable bonds is 4. The molecule has 0 spiro atoms. The molecular formula is C14H14N6O4. The van der Waals surface area contributed by atoms with Crippen molar-refractivity contribution in [2.45, 2.75) is 0 Å². The highest BCUT2D eigenvalue weighted by molar-refractivity contribution is 5.78. The number of non-ortho nitro benzene ring substituents is 1. The Labute approximate surface area is 136 Å². The number of hydrogen-bond donors (Lipinski definition) is 3. The number of hydrazine groups is 1. The van der Waals surface area contributed by atoms with Crippen LogP contribution in [0, 0.1) is 20.2 Å². The third-order valence-electron chi connectivity index (χ3n) is 3.61. The Balaban J connectivity index is 1.94. The lowest BCUT2D eigenvalue weighted by Gasteiger charge is -2.32. The van der Waals surface area contributed by atoms with Gasteiger partial charge in [0, 0.05) is 30.4 Å². The van der Waals surface area contributed by atoms with Gasteiger partial charge in [-0.1, -0.05) is 0 Å². The lowest BCUT2D eigenvalue weighted by Crippen LogP contribution is -2.38. The van der Waals surface area contributed by atoms with E-state index in [0.717, 1.165) is 0 Å². The number of benzene rings is 2. The van der Waals surface area contributed by atoms with Crippen LogP contribution in [-0.4, -0.2) is 22.9 Å². The Bertz CT molecular complexity index is 825. The van der Waals surface area contributed by atoms with E-state index in [1.54, 1.807) is 17.1 Å². The highest BCUT2D eigenvalue weighted by atomic mass is 16.6. The Hall–Kier alpha value is -3.56. The minimum Gasteiger partial charge on any atom is -0.399 e. The van der Waals surface area contributed by atoms with E-state index in [2.05, 4.69) is 10.7 Å². The van der Waals surface area contributed by atoms with E-state index in [9.17, 15) is 20.2 Å². The molecule has 10 nitrogen and oxygen atoms in total. The number of nitrogens with zero attached hydrogens (tertiary/aromatic N) is 3. The van der Waals surface area contributed by atoms with Crippen LogP contribution in [0.4, 0.5) is 34.1 Å². The van der Waals surface area contributed by atoms with E-state index in [1.807, 2.05) is 0 Å². The molecule has 0 bridgehead atoms. The van der Waals surface area contributed by atoms with Crippen LogP contribution in [0.5, 0.6) is 0 Å². The molecule has 10 heteroatoms. The summed E-state index contributed by atoms with van der Waals surface area (Å²) in [6.45, 7) is 1.05. The first kappa shape index (κ1) is 15.3. The van der Waals surface area contributed by atoms with Gasteiger partial charge in [0.05, 0.1) is 27.8 Å². The van der Waals surface area contributed by atoms with Crippen molar-refractivity contribution in [3.63, 3.8) is 0 Å². The molecule has 0 radical (unpaired) electrons. The second-order valence-corrected chi connectivity index (χ2v) is 5.18. The molecule has 2 aromatic carbocycles. The Morgan fingerprint density at radius 3 is 2.62 bits per heavy atom. The topological polar surface area (TPSA) is 140 Å². The molecule has 0 amide bonds. The first-order chi connectivity index (χ1) is 11.5. The smallest absolute Gasteiger partial charge is 0.296 e.